The second-order valence-electron chi connectivity index (χ2n) is 2.87. The van der Waals surface area contributed by atoms with Gasteiger partial charge in [0, 0.05) is 0 Å². The molecule has 0 aliphatic carbocycles. The minimum absolute atomic E-state index is 0.0810. The molecule has 14 heavy (non-hydrogen) atoms. The van der Waals surface area contributed by atoms with E-state index in [-0.39, 0.29) is 5.56 Å². The first kappa shape index (κ1) is 11.0. The van der Waals surface area contributed by atoms with Crippen LogP contribution in [-0.4, -0.2) is 11.7 Å². The van der Waals surface area contributed by atoms with Gasteiger partial charge in [-0.3, -0.25) is 0 Å². The summed E-state index contributed by atoms with van der Waals surface area (Å²) in [7, 11) is 0. The van der Waals surface area contributed by atoms with Gasteiger partial charge < -0.3 is 10.8 Å². The van der Waals surface area contributed by atoms with Gasteiger partial charge in [-0.1, -0.05) is 18.2 Å². The van der Waals surface area contributed by atoms with Crippen LogP contribution in [0.3, 0.4) is 0 Å². The molecule has 0 aromatic heterocycles. The molecule has 0 unspecified atom stereocenters. The van der Waals surface area contributed by atoms with Gasteiger partial charge in [0.1, 0.15) is 0 Å². The third kappa shape index (κ3) is 2.24. The number of alkyl halides is 3. The molecule has 1 atom stereocenters. The maximum Gasteiger partial charge on any atom is 0.416 e. The van der Waals surface area contributed by atoms with E-state index in [2.05, 4.69) is 0 Å². The fraction of sp³-hybridized carbons (Fsp3) is 0.333. The molecule has 0 saturated carbocycles. The molecular formula is C9H10F3NO. The lowest BCUT2D eigenvalue weighted by Gasteiger charge is -2.16. The van der Waals surface area contributed by atoms with Crippen LogP contribution in [0.4, 0.5) is 13.2 Å². The molecular weight excluding hydrogens is 195 g/mol. The topological polar surface area (TPSA) is 46.2 Å². The second kappa shape index (κ2) is 3.98. The molecule has 78 valence electrons. The van der Waals surface area contributed by atoms with Crippen LogP contribution in [0.2, 0.25) is 0 Å². The Bertz CT molecular complexity index is 311. The molecule has 0 fully saturated rings. The van der Waals surface area contributed by atoms with E-state index >= 15 is 0 Å². The van der Waals surface area contributed by atoms with Crippen molar-refractivity contribution in [1.82, 2.24) is 0 Å². The van der Waals surface area contributed by atoms with Crippen LogP contribution in [0.15, 0.2) is 24.3 Å². The van der Waals surface area contributed by atoms with Crippen LogP contribution in [0.5, 0.6) is 0 Å². The van der Waals surface area contributed by atoms with Crippen molar-refractivity contribution in [1.29, 1.82) is 0 Å². The monoisotopic (exact) mass is 205 g/mol. The summed E-state index contributed by atoms with van der Waals surface area (Å²) in [6.07, 6.45) is -4.43. The standard InChI is InChI=1S/C9H10F3NO/c10-9(11,12)7-4-2-1-3-6(7)8(13)5-14/h1-4,8,14H,5,13H2/t8-/m0/s1. The highest BCUT2D eigenvalue weighted by molar-refractivity contribution is 5.32. The van der Waals surface area contributed by atoms with Crippen molar-refractivity contribution in [3.63, 3.8) is 0 Å². The predicted octanol–water partition coefficient (Wildman–Crippen LogP) is 1.70. The van der Waals surface area contributed by atoms with E-state index in [9.17, 15) is 13.2 Å². The highest BCUT2D eigenvalue weighted by Crippen LogP contribution is 2.33. The Hall–Kier alpha value is -1.07. The van der Waals surface area contributed by atoms with Crippen LogP contribution in [0.25, 0.3) is 0 Å². The molecule has 0 heterocycles. The Balaban J connectivity index is 3.16. The normalized spacial score (nSPS) is 14.1. The molecule has 5 heteroatoms. The molecule has 1 aromatic rings. The largest absolute Gasteiger partial charge is 0.416 e. The van der Waals surface area contributed by atoms with Crippen molar-refractivity contribution in [2.24, 2.45) is 5.73 Å². The number of nitrogens with two attached hydrogens (primary N) is 1. The number of halogens is 3. The summed E-state index contributed by atoms with van der Waals surface area (Å²) >= 11 is 0. The lowest BCUT2D eigenvalue weighted by Crippen LogP contribution is -2.20. The van der Waals surface area contributed by atoms with Crippen LogP contribution >= 0.6 is 0 Å². The average Bonchev–Trinajstić information content (AvgIpc) is 2.15. The van der Waals surface area contributed by atoms with Crippen molar-refractivity contribution in [2.75, 3.05) is 6.61 Å². The number of aliphatic hydroxyl groups excluding tert-OH is 1. The second-order valence-corrected chi connectivity index (χ2v) is 2.87. The Morgan fingerprint density at radius 1 is 1.29 bits per heavy atom. The van der Waals surface area contributed by atoms with Gasteiger partial charge in [0.25, 0.3) is 0 Å². The number of aliphatic hydroxyl groups is 1. The van der Waals surface area contributed by atoms with E-state index in [1.807, 2.05) is 0 Å². The lowest BCUT2D eigenvalue weighted by atomic mass is 10.0. The fourth-order valence-electron chi connectivity index (χ4n) is 1.18. The average molecular weight is 205 g/mol. The SMILES string of the molecule is N[C@@H](CO)c1ccccc1C(F)(F)F. The maximum atomic E-state index is 12.4. The minimum atomic E-state index is -4.43. The van der Waals surface area contributed by atoms with Crippen LogP contribution in [0.1, 0.15) is 17.2 Å². The summed E-state index contributed by atoms with van der Waals surface area (Å²) in [5, 5.41) is 8.69. The highest BCUT2D eigenvalue weighted by Gasteiger charge is 2.33. The van der Waals surface area contributed by atoms with Crippen LogP contribution < -0.4 is 5.73 Å². The van der Waals surface area contributed by atoms with Gasteiger partial charge in [0.05, 0.1) is 18.2 Å². The first-order chi connectivity index (χ1) is 6.46. The Morgan fingerprint density at radius 3 is 2.36 bits per heavy atom. The van der Waals surface area contributed by atoms with E-state index in [0.717, 1.165) is 6.07 Å². The Morgan fingerprint density at radius 2 is 1.86 bits per heavy atom. The third-order valence-electron chi connectivity index (χ3n) is 1.86. The number of hydrogen-bond acceptors (Lipinski definition) is 2. The van der Waals surface area contributed by atoms with E-state index < -0.39 is 24.4 Å². The van der Waals surface area contributed by atoms with Crippen molar-refractivity contribution in [3.8, 4) is 0 Å². The van der Waals surface area contributed by atoms with Gasteiger partial charge in [-0.25, -0.2) is 0 Å². The first-order valence-electron chi connectivity index (χ1n) is 3.99. The van der Waals surface area contributed by atoms with Crippen molar-refractivity contribution >= 4 is 0 Å². The summed E-state index contributed by atoms with van der Waals surface area (Å²) in [5.74, 6) is 0. The number of benzene rings is 1. The Labute approximate surface area is 79.2 Å². The zero-order valence-electron chi connectivity index (χ0n) is 7.25. The molecule has 0 saturated heterocycles. The zero-order valence-corrected chi connectivity index (χ0v) is 7.25. The van der Waals surface area contributed by atoms with E-state index in [1.54, 1.807) is 0 Å². The highest BCUT2D eigenvalue weighted by atomic mass is 19.4. The molecule has 0 spiro atoms. The molecule has 0 aliphatic rings. The van der Waals surface area contributed by atoms with Gasteiger partial charge in [0.15, 0.2) is 0 Å². The van der Waals surface area contributed by atoms with Gasteiger partial charge in [0.2, 0.25) is 0 Å². The van der Waals surface area contributed by atoms with Crippen molar-refractivity contribution < 1.29 is 18.3 Å². The first-order valence-corrected chi connectivity index (χ1v) is 3.99. The molecule has 0 radical (unpaired) electrons. The smallest absolute Gasteiger partial charge is 0.394 e. The molecule has 0 bridgehead atoms. The molecule has 0 aliphatic heterocycles. The van der Waals surface area contributed by atoms with Crippen molar-refractivity contribution in [3.05, 3.63) is 35.4 Å². The van der Waals surface area contributed by atoms with Gasteiger partial charge in [-0.05, 0) is 11.6 Å². The third-order valence-corrected chi connectivity index (χ3v) is 1.86. The lowest BCUT2D eigenvalue weighted by molar-refractivity contribution is -0.138. The molecule has 3 N–H and O–H groups in total. The summed E-state index contributed by atoms with van der Waals surface area (Å²) in [5.41, 5.74) is 4.47. The van der Waals surface area contributed by atoms with Gasteiger partial charge in [-0.15, -0.1) is 0 Å². The number of rotatable bonds is 2. The Kier molecular flexibility index (Phi) is 3.13. The maximum absolute atomic E-state index is 12.4. The van der Waals surface area contributed by atoms with Crippen molar-refractivity contribution in [2.45, 2.75) is 12.2 Å². The van der Waals surface area contributed by atoms with E-state index in [0.29, 0.717) is 0 Å². The summed E-state index contributed by atoms with van der Waals surface area (Å²) < 4.78 is 37.2. The quantitative estimate of drug-likeness (QED) is 0.771. The minimum Gasteiger partial charge on any atom is -0.394 e. The molecule has 0 amide bonds. The van der Waals surface area contributed by atoms with E-state index in [1.165, 1.54) is 18.2 Å². The van der Waals surface area contributed by atoms with Crippen LogP contribution in [0, 0.1) is 0 Å². The number of hydrogen-bond donors (Lipinski definition) is 2. The summed E-state index contributed by atoms with van der Waals surface area (Å²) in [6.45, 7) is -0.507. The molecule has 2 nitrogen and oxygen atoms in total. The molecule has 1 rings (SSSR count). The van der Waals surface area contributed by atoms with E-state index in [4.69, 9.17) is 10.8 Å². The van der Waals surface area contributed by atoms with Crippen LogP contribution in [-0.2, 0) is 6.18 Å². The summed E-state index contributed by atoms with van der Waals surface area (Å²) in [4.78, 5) is 0. The predicted molar refractivity (Wildman–Crippen MR) is 45.5 cm³/mol. The fourth-order valence-corrected chi connectivity index (χ4v) is 1.18. The van der Waals surface area contributed by atoms with Gasteiger partial charge >= 0.3 is 6.18 Å². The zero-order chi connectivity index (χ0) is 10.8. The van der Waals surface area contributed by atoms with Gasteiger partial charge in [-0.2, -0.15) is 13.2 Å². The summed E-state index contributed by atoms with van der Waals surface area (Å²) in [6, 6.07) is 3.97. The molecule has 1 aromatic carbocycles.